The molecule has 130 valence electrons. The van der Waals surface area contributed by atoms with Crippen LogP contribution in [0, 0.1) is 6.92 Å². The van der Waals surface area contributed by atoms with Gasteiger partial charge in [-0.2, -0.15) is 0 Å². The lowest BCUT2D eigenvalue weighted by molar-refractivity contribution is 0.413. The maximum absolute atomic E-state index is 12.5. The molecule has 7 nitrogen and oxygen atoms in total. The van der Waals surface area contributed by atoms with Crippen molar-refractivity contribution in [2.24, 2.45) is 0 Å². The van der Waals surface area contributed by atoms with Gasteiger partial charge in [0.15, 0.2) is 0 Å². The SMILES string of the molecule is COc1cc(NS(=O)(=O)c2cccnc2Cl)ccc1-n1cnc(C)c1. The first-order valence-corrected chi connectivity index (χ1v) is 9.09. The van der Waals surface area contributed by atoms with Gasteiger partial charge in [0.1, 0.15) is 15.8 Å². The van der Waals surface area contributed by atoms with E-state index in [1.807, 2.05) is 13.1 Å². The fraction of sp³-hybridized carbons (Fsp3) is 0.125. The first-order valence-electron chi connectivity index (χ1n) is 7.23. The third kappa shape index (κ3) is 3.59. The lowest BCUT2D eigenvalue weighted by atomic mass is 10.2. The summed E-state index contributed by atoms with van der Waals surface area (Å²) in [4.78, 5) is 7.87. The Hall–Kier alpha value is -2.58. The van der Waals surface area contributed by atoms with Gasteiger partial charge in [-0.1, -0.05) is 11.6 Å². The number of ether oxygens (including phenoxy) is 1. The number of imidazole rings is 1. The molecular formula is C16H15ClN4O3S. The number of halogens is 1. The molecule has 0 saturated heterocycles. The number of aryl methyl sites for hydroxylation is 1. The molecule has 3 rings (SSSR count). The summed E-state index contributed by atoms with van der Waals surface area (Å²) in [5, 5.41) is -0.0903. The van der Waals surface area contributed by atoms with E-state index < -0.39 is 10.0 Å². The van der Waals surface area contributed by atoms with Crippen molar-refractivity contribution in [1.29, 1.82) is 0 Å². The van der Waals surface area contributed by atoms with Crippen LogP contribution < -0.4 is 9.46 Å². The third-order valence-corrected chi connectivity index (χ3v) is 5.26. The first kappa shape index (κ1) is 17.2. The molecule has 0 amide bonds. The summed E-state index contributed by atoms with van der Waals surface area (Å²) < 4.78 is 34.6. The van der Waals surface area contributed by atoms with E-state index >= 15 is 0 Å². The standard InChI is InChI=1S/C16H15ClN4O3S/c1-11-9-21(10-19-11)13-6-5-12(8-14(13)24-2)20-25(22,23)15-4-3-7-18-16(15)17/h3-10,20H,1-2H3. The molecule has 9 heteroatoms. The van der Waals surface area contributed by atoms with Gasteiger partial charge in [-0.15, -0.1) is 0 Å². The third-order valence-electron chi connectivity index (χ3n) is 3.44. The van der Waals surface area contributed by atoms with Crippen molar-refractivity contribution >= 4 is 27.3 Å². The number of sulfonamides is 1. The van der Waals surface area contributed by atoms with Gasteiger partial charge in [0.2, 0.25) is 0 Å². The number of benzene rings is 1. The summed E-state index contributed by atoms with van der Waals surface area (Å²) in [7, 11) is -2.35. The molecule has 0 aliphatic rings. The Kier molecular flexibility index (Phi) is 4.65. The van der Waals surface area contributed by atoms with E-state index in [4.69, 9.17) is 16.3 Å². The fourth-order valence-electron chi connectivity index (χ4n) is 2.29. The Morgan fingerprint density at radius 3 is 2.68 bits per heavy atom. The number of hydrogen-bond acceptors (Lipinski definition) is 5. The minimum atomic E-state index is -3.86. The molecule has 0 aliphatic carbocycles. The summed E-state index contributed by atoms with van der Waals surface area (Å²) in [5.74, 6) is 0.495. The lowest BCUT2D eigenvalue weighted by Crippen LogP contribution is -2.14. The first-order chi connectivity index (χ1) is 11.9. The number of anilines is 1. The zero-order valence-corrected chi connectivity index (χ0v) is 15.0. The number of rotatable bonds is 5. The van der Waals surface area contributed by atoms with Gasteiger partial charge in [0.25, 0.3) is 10.0 Å². The summed E-state index contributed by atoms with van der Waals surface area (Å²) >= 11 is 5.88. The predicted molar refractivity (Wildman–Crippen MR) is 94.9 cm³/mol. The zero-order chi connectivity index (χ0) is 18.0. The largest absolute Gasteiger partial charge is 0.494 e. The molecule has 1 N–H and O–H groups in total. The van der Waals surface area contributed by atoms with Gasteiger partial charge < -0.3 is 9.30 Å². The number of methoxy groups -OCH3 is 1. The number of aromatic nitrogens is 3. The van der Waals surface area contributed by atoms with Gasteiger partial charge in [-0.25, -0.2) is 18.4 Å². The van der Waals surface area contributed by atoms with E-state index in [0.717, 1.165) is 11.4 Å². The van der Waals surface area contributed by atoms with Gasteiger partial charge in [-0.3, -0.25) is 4.72 Å². The maximum atomic E-state index is 12.5. The van der Waals surface area contributed by atoms with Crippen molar-refractivity contribution in [2.75, 3.05) is 11.8 Å². The molecule has 3 aromatic rings. The lowest BCUT2D eigenvalue weighted by Gasteiger charge is -2.13. The van der Waals surface area contributed by atoms with Crippen molar-refractivity contribution in [3.63, 3.8) is 0 Å². The molecule has 0 saturated carbocycles. The van der Waals surface area contributed by atoms with E-state index in [-0.39, 0.29) is 10.0 Å². The summed E-state index contributed by atoms with van der Waals surface area (Å²) in [6, 6.07) is 7.85. The van der Waals surface area contributed by atoms with Crippen molar-refractivity contribution in [3.8, 4) is 11.4 Å². The summed E-state index contributed by atoms with van der Waals surface area (Å²) in [6.07, 6.45) is 4.93. The second-order valence-electron chi connectivity index (χ2n) is 5.21. The topological polar surface area (TPSA) is 86.1 Å². The fourth-order valence-corrected chi connectivity index (χ4v) is 3.79. The number of pyridine rings is 1. The van der Waals surface area contributed by atoms with Crippen LogP contribution in [0.4, 0.5) is 5.69 Å². The van der Waals surface area contributed by atoms with Crippen LogP contribution >= 0.6 is 11.6 Å². The van der Waals surface area contributed by atoms with Crippen molar-refractivity contribution < 1.29 is 13.2 Å². The molecule has 0 bridgehead atoms. The van der Waals surface area contributed by atoms with Crippen molar-refractivity contribution in [2.45, 2.75) is 11.8 Å². The molecule has 0 unspecified atom stereocenters. The molecule has 0 spiro atoms. The van der Waals surface area contributed by atoms with E-state index in [1.54, 1.807) is 29.1 Å². The van der Waals surface area contributed by atoms with Gasteiger partial charge in [0.05, 0.1) is 30.5 Å². The summed E-state index contributed by atoms with van der Waals surface area (Å²) in [6.45, 7) is 1.88. The average molecular weight is 379 g/mol. The maximum Gasteiger partial charge on any atom is 0.264 e. The number of nitrogens with zero attached hydrogens (tertiary/aromatic N) is 3. The van der Waals surface area contributed by atoms with E-state index in [2.05, 4.69) is 14.7 Å². The highest BCUT2D eigenvalue weighted by Gasteiger charge is 2.19. The normalized spacial score (nSPS) is 11.3. The Labute approximate surface area is 150 Å². The highest BCUT2D eigenvalue weighted by Crippen LogP contribution is 2.29. The number of nitrogens with one attached hydrogen (secondary N) is 1. The van der Waals surface area contributed by atoms with Gasteiger partial charge >= 0.3 is 0 Å². The Balaban J connectivity index is 1.95. The van der Waals surface area contributed by atoms with Crippen LogP contribution in [0.1, 0.15) is 5.69 Å². The van der Waals surface area contributed by atoms with Crippen LogP contribution in [0.25, 0.3) is 5.69 Å². The molecular weight excluding hydrogens is 364 g/mol. The van der Waals surface area contributed by atoms with Crippen LogP contribution in [-0.4, -0.2) is 30.1 Å². The number of hydrogen-bond donors (Lipinski definition) is 1. The molecule has 1 aromatic carbocycles. The van der Waals surface area contributed by atoms with Gasteiger partial charge in [0, 0.05) is 18.5 Å². The van der Waals surface area contributed by atoms with Crippen LogP contribution in [0.3, 0.4) is 0 Å². The highest BCUT2D eigenvalue weighted by atomic mass is 35.5. The minimum Gasteiger partial charge on any atom is -0.494 e. The second-order valence-corrected chi connectivity index (χ2v) is 7.22. The quantitative estimate of drug-likeness (QED) is 0.689. The van der Waals surface area contributed by atoms with Gasteiger partial charge in [-0.05, 0) is 31.2 Å². The summed E-state index contributed by atoms with van der Waals surface area (Å²) in [5.41, 5.74) is 1.95. The molecule has 25 heavy (non-hydrogen) atoms. The average Bonchev–Trinajstić information content (AvgIpc) is 3.01. The molecule has 0 atom stereocenters. The minimum absolute atomic E-state index is 0.0903. The van der Waals surface area contributed by atoms with E-state index in [0.29, 0.717) is 11.4 Å². The smallest absolute Gasteiger partial charge is 0.264 e. The molecule has 0 aliphatic heterocycles. The van der Waals surface area contributed by atoms with E-state index in [9.17, 15) is 8.42 Å². The van der Waals surface area contributed by atoms with E-state index in [1.165, 1.54) is 25.4 Å². The van der Waals surface area contributed by atoms with Crippen LogP contribution in [0.5, 0.6) is 5.75 Å². The Bertz CT molecular complexity index is 1020. The molecule has 2 aromatic heterocycles. The second kappa shape index (κ2) is 6.73. The van der Waals surface area contributed by atoms with Crippen LogP contribution in [-0.2, 0) is 10.0 Å². The van der Waals surface area contributed by atoms with Crippen molar-refractivity contribution in [1.82, 2.24) is 14.5 Å². The molecule has 0 radical (unpaired) electrons. The Morgan fingerprint density at radius 1 is 1.24 bits per heavy atom. The highest BCUT2D eigenvalue weighted by molar-refractivity contribution is 7.92. The predicted octanol–water partition coefficient (Wildman–Crippen LogP) is 3.04. The monoisotopic (exact) mass is 378 g/mol. The molecule has 0 fully saturated rings. The Morgan fingerprint density at radius 2 is 2.04 bits per heavy atom. The molecule has 2 heterocycles. The zero-order valence-electron chi connectivity index (χ0n) is 13.5. The van der Waals surface area contributed by atoms with Crippen LogP contribution in [0.15, 0.2) is 53.9 Å². The van der Waals surface area contributed by atoms with Crippen LogP contribution in [0.2, 0.25) is 5.15 Å². The van der Waals surface area contributed by atoms with Crippen molar-refractivity contribution in [3.05, 3.63) is 59.9 Å².